The first kappa shape index (κ1) is 17.5. The Morgan fingerprint density at radius 1 is 1.24 bits per heavy atom. The summed E-state index contributed by atoms with van der Waals surface area (Å²) in [6.07, 6.45) is 5.90. The van der Waals surface area contributed by atoms with Crippen LogP contribution in [0.4, 0.5) is 5.95 Å². The summed E-state index contributed by atoms with van der Waals surface area (Å²) in [6, 6.07) is 8.37. The van der Waals surface area contributed by atoms with Crippen molar-refractivity contribution in [2.45, 2.75) is 32.4 Å². The van der Waals surface area contributed by atoms with E-state index < -0.39 is 0 Å². The molecule has 134 valence electrons. The van der Waals surface area contributed by atoms with Crippen LogP contribution >= 0.6 is 0 Å². The third-order valence-electron chi connectivity index (χ3n) is 4.38. The third-order valence-corrected chi connectivity index (χ3v) is 4.38. The van der Waals surface area contributed by atoms with Crippen LogP contribution in [0, 0.1) is 0 Å². The standard InChI is InChI=1S/C19H26N4O2/c1-3-25-18-12-15(7-8-17(18)24-2)13-22-16-6-4-11-23(14-16)19-20-9-5-10-21-19/h5,7-10,12,16,22H,3-4,6,11,13-14H2,1-2H3. The van der Waals surface area contributed by atoms with Gasteiger partial charge in [-0.25, -0.2) is 9.97 Å². The van der Waals surface area contributed by atoms with E-state index in [1.165, 1.54) is 5.56 Å². The van der Waals surface area contributed by atoms with E-state index in [2.05, 4.69) is 32.3 Å². The molecule has 2 aromatic rings. The predicted molar refractivity (Wildman–Crippen MR) is 98.3 cm³/mol. The number of nitrogens with one attached hydrogen (secondary N) is 1. The number of nitrogens with zero attached hydrogens (tertiary/aromatic N) is 3. The van der Waals surface area contributed by atoms with Gasteiger partial charge in [-0.1, -0.05) is 6.07 Å². The predicted octanol–water partition coefficient (Wildman–Crippen LogP) is 2.64. The van der Waals surface area contributed by atoms with Gasteiger partial charge in [-0.3, -0.25) is 0 Å². The van der Waals surface area contributed by atoms with E-state index in [-0.39, 0.29) is 0 Å². The van der Waals surface area contributed by atoms with Gasteiger partial charge in [-0.2, -0.15) is 0 Å². The average Bonchev–Trinajstić information content (AvgIpc) is 2.68. The molecule has 1 aromatic heterocycles. The van der Waals surface area contributed by atoms with Crippen LogP contribution in [-0.2, 0) is 6.54 Å². The normalized spacial score (nSPS) is 17.4. The summed E-state index contributed by atoms with van der Waals surface area (Å²) in [4.78, 5) is 11.0. The maximum absolute atomic E-state index is 5.66. The first-order valence-electron chi connectivity index (χ1n) is 8.85. The molecule has 1 saturated heterocycles. The van der Waals surface area contributed by atoms with Gasteiger partial charge in [0.1, 0.15) is 0 Å². The number of benzene rings is 1. The number of aromatic nitrogens is 2. The lowest BCUT2D eigenvalue weighted by Crippen LogP contribution is -2.46. The van der Waals surface area contributed by atoms with E-state index in [1.54, 1.807) is 19.5 Å². The van der Waals surface area contributed by atoms with Crippen molar-refractivity contribution < 1.29 is 9.47 Å². The molecule has 6 nitrogen and oxygen atoms in total. The van der Waals surface area contributed by atoms with Crippen LogP contribution in [0.2, 0.25) is 0 Å². The number of hydrogen-bond donors (Lipinski definition) is 1. The summed E-state index contributed by atoms with van der Waals surface area (Å²) in [5, 5.41) is 3.65. The minimum atomic E-state index is 0.426. The third kappa shape index (κ3) is 4.60. The van der Waals surface area contributed by atoms with E-state index in [0.29, 0.717) is 12.6 Å². The highest BCUT2D eigenvalue weighted by molar-refractivity contribution is 5.43. The Bertz CT molecular complexity index is 666. The zero-order chi connectivity index (χ0) is 17.5. The Labute approximate surface area is 149 Å². The molecule has 1 aliphatic rings. The Balaban J connectivity index is 1.58. The largest absolute Gasteiger partial charge is 0.493 e. The molecule has 1 aromatic carbocycles. The number of anilines is 1. The molecule has 1 unspecified atom stereocenters. The van der Waals surface area contributed by atoms with Gasteiger partial charge in [0.2, 0.25) is 5.95 Å². The van der Waals surface area contributed by atoms with E-state index in [0.717, 1.165) is 49.9 Å². The number of rotatable bonds is 7. The van der Waals surface area contributed by atoms with Crippen LogP contribution in [-0.4, -0.2) is 42.8 Å². The summed E-state index contributed by atoms with van der Waals surface area (Å²) < 4.78 is 11.0. The molecule has 1 atom stereocenters. The van der Waals surface area contributed by atoms with Crippen molar-refractivity contribution in [3.63, 3.8) is 0 Å². The zero-order valence-electron chi connectivity index (χ0n) is 14.9. The molecule has 0 spiro atoms. The first-order valence-corrected chi connectivity index (χ1v) is 8.85. The molecule has 1 fully saturated rings. The van der Waals surface area contributed by atoms with Crippen molar-refractivity contribution in [1.82, 2.24) is 15.3 Å². The maximum Gasteiger partial charge on any atom is 0.225 e. The molecule has 0 saturated carbocycles. The van der Waals surface area contributed by atoms with Gasteiger partial charge in [0.15, 0.2) is 11.5 Å². The lowest BCUT2D eigenvalue weighted by atomic mass is 10.1. The molecule has 1 N–H and O–H groups in total. The van der Waals surface area contributed by atoms with Crippen LogP contribution in [0.1, 0.15) is 25.3 Å². The van der Waals surface area contributed by atoms with Gasteiger partial charge >= 0.3 is 0 Å². The van der Waals surface area contributed by atoms with Gasteiger partial charge in [0, 0.05) is 38.1 Å². The molecule has 1 aliphatic heterocycles. The summed E-state index contributed by atoms with van der Waals surface area (Å²) >= 11 is 0. The molecule has 2 heterocycles. The second-order valence-corrected chi connectivity index (χ2v) is 6.13. The number of piperidine rings is 1. The Morgan fingerprint density at radius 3 is 2.84 bits per heavy atom. The summed E-state index contributed by atoms with van der Waals surface area (Å²) in [7, 11) is 1.66. The molecular formula is C19H26N4O2. The summed E-state index contributed by atoms with van der Waals surface area (Å²) in [6.45, 7) is 5.35. The minimum Gasteiger partial charge on any atom is -0.493 e. The lowest BCUT2D eigenvalue weighted by molar-refractivity contribution is 0.310. The van der Waals surface area contributed by atoms with Gasteiger partial charge in [0.05, 0.1) is 13.7 Å². The van der Waals surface area contributed by atoms with Crippen molar-refractivity contribution in [1.29, 1.82) is 0 Å². The van der Waals surface area contributed by atoms with Crippen molar-refractivity contribution in [2.75, 3.05) is 31.7 Å². The minimum absolute atomic E-state index is 0.426. The van der Waals surface area contributed by atoms with Crippen LogP contribution < -0.4 is 19.7 Å². The lowest BCUT2D eigenvalue weighted by Gasteiger charge is -2.33. The van der Waals surface area contributed by atoms with E-state index in [9.17, 15) is 0 Å². The van der Waals surface area contributed by atoms with E-state index in [1.807, 2.05) is 19.1 Å². The van der Waals surface area contributed by atoms with E-state index >= 15 is 0 Å². The second kappa shape index (κ2) is 8.67. The fourth-order valence-corrected chi connectivity index (χ4v) is 3.14. The number of hydrogen-bond acceptors (Lipinski definition) is 6. The van der Waals surface area contributed by atoms with Gasteiger partial charge in [-0.15, -0.1) is 0 Å². The molecular weight excluding hydrogens is 316 g/mol. The van der Waals surface area contributed by atoms with Crippen molar-refractivity contribution in [3.8, 4) is 11.5 Å². The monoisotopic (exact) mass is 342 g/mol. The second-order valence-electron chi connectivity index (χ2n) is 6.13. The quantitative estimate of drug-likeness (QED) is 0.835. The maximum atomic E-state index is 5.66. The van der Waals surface area contributed by atoms with Gasteiger partial charge < -0.3 is 19.7 Å². The Kier molecular flexibility index (Phi) is 6.06. The van der Waals surface area contributed by atoms with E-state index in [4.69, 9.17) is 9.47 Å². The van der Waals surface area contributed by atoms with Crippen LogP contribution in [0.3, 0.4) is 0 Å². The SMILES string of the molecule is CCOc1cc(CNC2CCCN(c3ncccn3)C2)ccc1OC. The van der Waals surface area contributed by atoms with Crippen LogP contribution in [0.25, 0.3) is 0 Å². The highest BCUT2D eigenvalue weighted by atomic mass is 16.5. The van der Waals surface area contributed by atoms with Crippen molar-refractivity contribution in [2.24, 2.45) is 0 Å². The smallest absolute Gasteiger partial charge is 0.225 e. The molecule has 0 aliphatic carbocycles. The fraction of sp³-hybridized carbons (Fsp3) is 0.474. The highest BCUT2D eigenvalue weighted by Gasteiger charge is 2.21. The molecule has 25 heavy (non-hydrogen) atoms. The Hall–Kier alpha value is -2.34. The first-order chi connectivity index (χ1) is 12.3. The Morgan fingerprint density at radius 2 is 2.08 bits per heavy atom. The van der Waals surface area contributed by atoms with Gasteiger partial charge in [-0.05, 0) is 43.5 Å². The molecule has 3 rings (SSSR count). The van der Waals surface area contributed by atoms with Gasteiger partial charge in [0.25, 0.3) is 0 Å². The highest BCUT2D eigenvalue weighted by Crippen LogP contribution is 2.28. The molecule has 0 radical (unpaired) electrons. The van der Waals surface area contributed by atoms with Crippen LogP contribution in [0.15, 0.2) is 36.7 Å². The summed E-state index contributed by atoms with van der Waals surface area (Å²) in [5.41, 5.74) is 1.19. The molecule has 6 heteroatoms. The zero-order valence-corrected chi connectivity index (χ0v) is 14.9. The summed E-state index contributed by atoms with van der Waals surface area (Å²) in [5.74, 6) is 2.39. The number of ether oxygens (including phenoxy) is 2. The topological polar surface area (TPSA) is 59.5 Å². The molecule has 0 bridgehead atoms. The number of methoxy groups -OCH3 is 1. The van der Waals surface area contributed by atoms with Crippen molar-refractivity contribution in [3.05, 3.63) is 42.2 Å². The van der Waals surface area contributed by atoms with Crippen LogP contribution in [0.5, 0.6) is 11.5 Å². The average molecular weight is 342 g/mol. The molecule has 0 amide bonds. The van der Waals surface area contributed by atoms with Crippen molar-refractivity contribution >= 4 is 5.95 Å². The fourth-order valence-electron chi connectivity index (χ4n) is 3.14.